The Bertz CT molecular complexity index is 1040. The number of carbonyl (C=O) groups excluding carboxylic acids is 1. The number of hydrogen-bond acceptors (Lipinski definition) is 4. The van der Waals surface area contributed by atoms with Crippen molar-refractivity contribution in [3.8, 4) is 5.75 Å². The van der Waals surface area contributed by atoms with Gasteiger partial charge < -0.3 is 4.74 Å². The second-order valence-electron chi connectivity index (χ2n) is 5.78. The van der Waals surface area contributed by atoms with Gasteiger partial charge in [0.2, 0.25) is 0 Å². The molecular formula is C21H15NO2S2. The van der Waals surface area contributed by atoms with E-state index < -0.39 is 0 Å². The highest BCUT2D eigenvalue weighted by molar-refractivity contribution is 8.27. The van der Waals surface area contributed by atoms with Gasteiger partial charge in [-0.15, -0.1) is 0 Å². The highest BCUT2D eigenvalue weighted by atomic mass is 32.2. The fourth-order valence-electron chi connectivity index (χ4n) is 2.94. The Morgan fingerprint density at radius 3 is 2.50 bits per heavy atom. The third-order valence-corrected chi connectivity index (χ3v) is 5.54. The van der Waals surface area contributed by atoms with E-state index in [0.717, 1.165) is 27.8 Å². The lowest BCUT2D eigenvalue weighted by atomic mass is 10.0. The summed E-state index contributed by atoms with van der Waals surface area (Å²) in [6.07, 6.45) is 1.92. The Morgan fingerprint density at radius 2 is 1.73 bits per heavy atom. The Kier molecular flexibility index (Phi) is 4.49. The minimum Gasteiger partial charge on any atom is -0.497 e. The summed E-state index contributed by atoms with van der Waals surface area (Å²) in [6, 6.07) is 21.5. The summed E-state index contributed by atoms with van der Waals surface area (Å²) in [6.45, 7) is 0. The third-order valence-electron chi connectivity index (χ3n) is 4.23. The summed E-state index contributed by atoms with van der Waals surface area (Å²) in [5.41, 5.74) is 1.76. The van der Waals surface area contributed by atoms with E-state index in [0.29, 0.717) is 9.23 Å². The smallest absolute Gasteiger partial charge is 0.270 e. The predicted molar refractivity (Wildman–Crippen MR) is 113 cm³/mol. The molecule has 0 spiro atoms. The molecule has 1 fully saturated rings. The topological polar surface area (TPSA) is 29.5 Å². The van der Waals surface area contributed by atoms with Crippen LogP contribution in [0.3, 0.4) is 0 Å². The molecule has 3 nitrogen and oxygen atoms in total. The van der Waals surface area contributed by atoms with Crippen LogP contribution in [0.15, 0.2) is 71.6 Å². The summed E-state index contributed by atoms with van der Waals surface area (Å²) in [4.78, 5) is 15.1. The molecule has 4 rings (SSSR count). The molecule has 3 aromatic carbocycles. The molecule has 0 N–H and O–H groups in total. The number of anilines is 1. The standard InChI is InChI=1S/C21H15NO2S2/c1-24-17-11-9-16(10-12-17)22-20(23)19(26-21(22)25)13-15-7-4-6-14-5-2-3-8-18(14)15/h2-13H,1H3/b19-13+. The molecule has 1 amide bonds. The lowest BCUT2D eigenvalue weighted by Gasteiger charge is -2.14. The van der Waals surface area contributed by atoms with Crippen molar-refractivity contribution in [2.45, 2.75) is 0 Å². The van der Waals surface area contributed by atoms with Gasteiger partial charge in [0.05, 0.1) is 17.7 Å². The normalized spacial score (nSPS) is 15.9. The molecule has 1 aliphatic rings. The number of hydrogen-bond donors (Lipinski definition) is 0. The van der Waals surface area contributed by atoms with E-state index in [4.69, 9.17) is 17.0 Å². The van der Waals surface area contributed by atoms with Gasteiger partial charge in [-0.05, 0) is 46.7 Å². The van der Waals surface area contributed by atoms with E-state index in [2.05, 4.69) is 18.2 Å². The zero-order valence-electron chi connectivity index (χ0n) is 14.0. The van der Waals surface area contributed by atoms with Crippen molar-refractivity contribution in [1.82, 2.24) is 0 Å². The fraction of sp³-hybridized carbons (Fsp3) is 0.0476. The van der Waals surface area contributed by atoms with Crippen LogP contribution in [0.25, 0.3) is 16.8 Å². The first-order chi connectivity index (χ1) is 12.7. The van der Waals surface area contributed by atoms with E-state index in [1.165, 1.54) is 11.8 Å². The number of ether oxygens (including phenoxy) is 1. The van der Waals surface area contributed by atoms with Crippen LogP contribution < -0.4 is 9.64 Å². The van der Waals surface area contributed by atoms with Gasteiger partial charge in [0.25, 0.3) is 5.91 Å². The largest absolute Gasteiger partial charge is 0.497 e. The number of methoxy groups -OCH3 is 1. The maximum absolute atomic E-state index is 12.9. The minimum atomic E-state index is -0.0990. The number of thioether (sulfide) groups is 1. The van der Waals surface area contributed by atoms with Crippen molar-refractivity contribution >= 4 is 56.7 Å². The first kappa shape index (κ1) is 16.8. The van der Waals surface area contributed by atoms with Gasteiger partial charge in [-0.25, -0.2) is 0 Å². The van der Waals surface area contributed by atoms with E-state index >= 15 is 0 Å². The lowest BCUT2D eigenvalue weighted by molar-refractivity contribution is -0.113. The van der Waals surface area contributed by atoms with E-state index in [1.54, 1.807) is 12.0 Å². The highest BCUT2D eigenvalue weighted by Crippen LogP contribution is 2.37. The molecule has 0 saturated carbocycles. The SMILES string of the molecule is COc1ccc(N2C(=O)/C(=C\c3cccc4ccccc34)SC2=S)cc1. The first-order valence-corrected chi connectivity index (χ1v) is 9.29. The summed E-state index contributed by atoms with van der Waals surface area (Å²) in [7, 11) is 1.61. The molecule has 0 aliphatic carbocycles. The number of amides is 1. The number of nitrogens with zero attached hydrogens (tertiary/aromatic N) is 1. The summed E-state index contributed by atoms with van der Waals surface area (Å²) in [5, 5.41) is 2.26. The van der Waals surface area contributed by atoms with Gasteiger partial charge in [-0.3, -0.25) is 9.69 Å². The van der Waals surface area contributed by atoms with Gasteiger partial charge in [0, 0.05) is 0 Å². The van der Waals surface area contributed by atoms with E-state index in [-0.39, 0.29) is 5.91 Å². The molecule has 0 aromatic heterocycles. The second-order valence-corrected chi connectivity index (χ2v) is 7.46. The van der Waals surface area contributed by atoms with Crippen LogP contribution in [0.4, 0.5) is 5.69 Å². The average Bonchev–Trinajstić information content (AvgIpc) is 2.95. The number of carbonyl (C=O) groups is 1. The van der Waals surface area contributed by atoms with Gasteiger partial charge >= 0.3 is 0 Å². The van der Waals surface area contributed by atoms with E-state index in [1.807, 2.05) is 54.6 Å². The van der Waals surface area contributed by atoms with Crippen LogP contribution in [-0.4, -0.2) is 17.3 Å². The van der Waals surface area contributed by atoms with Crippen LogP contribution in [0.1, 0.15) is 5.56 Å². The molecule has 1 saturated heterocycles. The van der Waals surface area contributed by atoms with Crippen LogP contribution >= 0.6 is 24.0 Å². The lowest BCUT2D eigenvalue weighted by Crippen LogP contribution is -2.27. The minimum absolute atomic E-state index is 0.0990. The fourth-order valence-corrected chi connectivity index (χ4v) is 4.23. The zero-order valence-corrected chi connectivity index (χ0v) is 15.6. The maximum Gasteiger partial charge on any atom is 0.270 e. The molecule has 0 atom stereocenters. The predicted octanol–water partition coefficient (Wildman–Crippen LogP) is 5.25. The Morgan fingerprint density at radius 1 is 1.00 bits per heavy atom. The molecular weight excluding hydrogens is 362 g/mol. The van der Waals surface area contributed by atoms with Crippen LogP contribution in [0, 0.1) is 0 Å². The van der Waals surface area contributed by atoms with E-state index in [9.17, 15) is 4.79 Å². The quantitative estimate of drug-likeness (QED) is 0.460. The average molecular weight is 377 g/mol. The van der Waals surface area contributed by atoms with Crippen molar-refractivity contribution in [2.24, 2.45) is 0 Å². The molecule has 3 aromatic rings. The second kappa shape index (κ2) is 6.94. The Balaban J connectivity index is 1.71. The van der Waals surface area contributed by atoms with Crippen LogP contribution in [0.5, 0.6) is 5.75 Å². The summed E-state index contributed by atoms with van der Waals surface area (Å²) < 4.78 is 5.71. The van der Waals surface area contributed by atoms with Crippen molar-refractivity contribution in [3.05, 3.63) is 77.2 Å². The van der Waals surface area contributed by atoms with Crippen LogP contribution in [-0.2, 0) is 4.79 Å². The number of thiocarbonyl (C=S) groups is 1. The van der Waals surface area contributed by atoms with Gasteiger partial charge in [0.15, 0.2) is 4.32 Å². The van der Waals surface area contributed by atoms with Crippen molar-refractivity contribution in [3.63, 3.8) is 0 Å². The third kappa shape index (κ3) is 3.00. The summed E-state index contributed by atoms with van der Waals surface area (Å²) in [5.74, 6) is 0.642. The molecule has 1 aliphatic heterocycles. The molecule has 0 radical (unpaired) electrons. The molecule has 128 valence electrons. The Hall–Kier alpha value is -2.63. The molecule has 1 heterocycles. The van der Waals surface area contributed by atoms with Crippen molar-refractivity contribution in [1.29, 1.82) is 0 Å². The monoisotopic (exact) mass is 377 g/mol. The van der Waals surface area contributed by atoms with Crippen LogP contribution in [0.2, 0.25) is 0 Å². The first-order valence-electron chi connectivity index (χ1n) is 8.07. The van der Waals surface area contributed by atoms with Gasteiger partial charge in [-0.1, -0.05) is 66.4 Å². The van der Waals surface area contributed by atoms with Crippen molar-refractivity contribution < 1.29 is 9.53 Å². The zero-order chi connectivity index (χ0) is 18.1. The molecule has 26 heavy (non-hydrogen) atoms. The highest BCUT2D eigenvalue weighted by Gasteiger charge is 2.33. The molecule has 0 unspecified atom stereocenters. The molecule has 5 heteroatoms. The number of rotatable bonds is 3. The maximum atomic E-state index is 12.9. The Labute approximate surface area is 161 Å². The van der Waals surface area contributed by atoms with Gasteiger partial charge in [0.1, 0.15) is 5.75 Å². The summed E-state index contributed by atoms with van der Waals surface area (Å²) >= 11 is 6.77. The van der Waals surface area contributed by atoms with Gasteiger partial charge in [-0.2, -0.15) is 0 Å². The van der Waals surface area contributed by atoms with Crippen molar-refractivity contribution in [2.75, 3.05) is 12.0 Å². The number of fused-ring (bicyclic) bond motifs is 1. The molecule has 0 bridgehead atoms. The number of benzene rings is 3.